The Balaban J connectivity index is 1.74. The van der Waals surface area contributed by atoms with Gasteiger partial charge < -0.3 is 4.52 Å². The van der Waals surface area contributed by atoms with Crippen molar-refractivity contribution in [1.29, 1.82) is 0 Å². The highest BCUT2D eigenvalue weighted by molar-refractivity contribution is 7.91. The van der Waals surface area contributed by atoms with Crippen LogP contribution in [0.15, 0.2) is 111 Å². The van der Waals surface area contributed by atoms with Crippen LogP contribution < -0.4 is 0 Å². The molecule has 0 aliphatic heterocycles. The molecule has 0 unspecified atom stereocenters. The lowest BCUT2D eigenvalue weighted by atomic mass is 9.99. The van der Waals surface area contributed by atoms with E-state index in [9.17, 15) is 23.3 Å². The van der Waals surface area contributed by atoms with Crippen molar-refractivity contribution >= 4 is 32.1 Å². The van der Waals surface area contributed by atoms with Gasteiger partial charge in [0, 0.05) is 23.3 Å². The van der Waals surface area contributed by atoms with Crippen LogP contribution in [0, 0.1) is 10.1 Å². The average Bonchev–Trinajstić information content (AvgIpc) is 3.35. The molecule has 1 heterocycles. The van der Waals surface area contributed by atoms with E-state index in [4.69, 9.17) is 4.52 Å². The van der Waals surface area contributed by atoms with Gasteiger partial charge in [-0.15, -0.1) is 0 Å². The number of non-ortho nitro benzene ring substituents is 1. The maximum atomic E-state index is 13.7. The molecule has 172 valence electrons. The zero-order chi connectivity index (χ0) is 24.6. The Morgan fingerprint density at radius 2 is 1.49 bits per heavy atom. The molecule has 0 fully saturated rings. The molecule has 0 saturated heterocycles. The predicted molar refractivity (Wildman–Crippen MR) is 128 cm³/mol. The summed E-state index contributed by atoms with van der Waals surface area (Å²) in [5, 5.41) is 16.4. The number of carbonyl (C=O) groups is 1. The molecular formula is C26H16N2O6S. The molecule has 0 N–H and O–H groups in total. The molecule has 4 aromatic carbocycles. The Bertz CT molecular complexity index is 1690. The molecule has 8 nitrogen and oxygen atoms in total. The molecule has 0 radical (unpaired) electrons. The monoisotopic (exact) mass is 484 g/mol. The van der Waals surface area contributed by atoms with Crippen molar-refractivity contribution in [2.75, 3.05) is 0 Å². The third-order valence-corrected chi connectivity index (χ3v) is 7.37. The molecule has 0 aliphatic rings. The highest BCUT2D eigenvalue weighted by atomic mass is 32.2. The number of nitro benzene ring substituents is 1. The van der Waals surface area contributed by atoms with Crippen LogP contribution in [0.2, 0.25) is 0 Å². The molecule has 35 heavy (non-hydrogen) atoms. The van der Waals surface area contributed by atoms with Crippen molar-refractivity contribution in [3.05, 3.63) is 118 Å². The van der Waals surface area contributed by atoms with E-state index < -0.39 is 25.4 Å². The first kappa shape index (κ1) is 22.2. The standard InChI is InChI=1S/C26H16N2O6S/c29-24(22-12-6-8-17-7-4-5-11-21(17)22)23-26(35(32,33)20-9-2-1-3-10-20)25(34-27-23)18-13-15-19(16-14-18)28(30)31/h1-16H. The minimum atomic E-state index is -4.25. The van der Waals surface area contributed by atoms with E-state index in [1.54, 1.807) is 42.5 Å². The summed E-state index contributed by atoms with van der Waals surface area (Å²) in [6.07, 6.45) is 0. The first-order valence-electron chi connectivity index (χ1n) is 10.4. The molecule has 0 saturated carbocycles. The van der Waals surface area contributed by atoms with Gasteiger partial charge in [-0.3, -0.25) is 14.9 Å². The number of ketones is 1. The number of benzene rings is 4. The molecular weight excluding hydrogens is 468 g/mol. The number of fused-ring (bicyclic) bond motifs is 1. The Hall–Kier alpha value is -4.63. The van der Waals surface area contributed by atoms with E-state index in [-0.39, 0.29) is 33.2 Å². The summed E-state index contributed by atoms with van der Waals surface area (Å²) in [5.74, 6) is -0.791. The minimum absolute atomic E-state index is 0.0432. The van der Waals surface area contributed by atoms with E-state index in [0.717, 1.165) is 5.39 Å². The van der Waals surface area contributed by atoms with E-state index in [1.165, 1.54) is 36.4 Å². The van der Waals surface area contributed by atoms with Gasteiger partial charge in [-0.2, -0.15) is 0 Å². The van der Waals surface area contributed by atoms with Gasteiger partial charge >= 0.3 is 0 Å². The molecule has 0 spiro atoms. The number of nitro groups is 1. The van der Waals surface area contributed by atoms with Gasteiger partial charge in [0.1, 0.15) is 0 Å². The molecule has 0 atom stereocenters. The fourth-order valence-electron chi connectivity index (χ4n) is 3.86. The Morgan fingerprint density at radius 3 is 2.20 bits per heavy atom. The van der Waals surface area contributed by atoms with Crippen LogP contribution in [0.25, 0.3) is 22.1 Å². The maximum Gasteiger partial charge on any atom is 0.269 e. The summed E-state index contributed by atoms with van der Waals surface area (Å²) in [5.41, 5.74) is -0.0305. The number of hydrogen-bond acceptors (Lipinski definition) is 7. The van der Waals surface area contributed by atoms with Gasteiger partial charge in [-0.1, -0.05) is 65.8 Å². The van der Waals surface area contributed by atoms with Crippen LogP contribution in [0.5, 0.6) is 0 Å². The highest BCUT2D eigenvalue weighted by Gasteiger charge is 2.34. The van der Waals surface area contributed by atoms with E-state index in [1.807, 2.05) is 18.2 Å². The number of carbonyl (C=O) groups excluding carboxylic acids is 1. The second-order valence-corrected chi connectivity index (χ2v) is 9.55. The van der Waals surface area contributed by atoms with Gasteiger partial charge in [0.2, 0.25) is 15.6 Å². The summed E-state index contributed by atoms with van der Waals surface area (Å²) in [6.45, 7) is 0. The van der Waals surface area contributed by atoms with Crippen LogP contribution >= 0.6 is 0 Å². The SMILES string of the molecule is O=C(c1noc(-c2ccc([N+](=O)[O-])cc2)c1S(=O)(=O)c1ccccc1)c1cccc2ccccc12. The average molecular weight is 484 g/mol. The second-order valence-electron chi connectivity index (χ2n) is 7.67. The highest BCUT2D eigenvalue weighted by Crippen LogP contribution is 2.36. The lowest BCUT2D eigenvalue weighted by Crippen LogP contribution is -2.11. The van der Waals surface area contributed by atoms with Gasteiger partial charge in [0.05, 0.1) is 9.82 Å². The molecule has 0 amide bonds. The van der Waals surface area contributed by atoms with Crippen molar-refractivity contribution in [3.8, 4) is 11.3 Å². The molecule has 5 aromatic rings. The third kappa shape index (κ3) is 3.87. The zero-order valence-electron chi connectivity index (χ0n) is 18.0. The van der Waals surface area contributed by atoms with Crippen molar-refractivity contribution in [1.82, 2.24) is 5.16 Å². The molecule has 5 rings (SSSR count). The number of aromatic nitrogens is 1. The van der Waals surface area contributed by atoms with Crippen molar-refractivity contribution < 1.29 is 22.7 Å². The fraction of sp³-hybridized carbons (Fsp3) is 0. The smallest absolute Gasteiger partial charge is 0.269 e. The van der Waals surface area contributed by atoms with Crippen LogP contribution in [0.4, 0.5) is 5.69 Å². The molecule has 0 aliphatic carbocycles. The van der Waals surface area contributed by atoms with Gasteiger partial charge in [-0.05, 0) is 35.0 Å². The quantitative estimate of drug-likeness (QED) is 0.178. The van der Waals surface area contributed by atoms with E-state index in [2.05, 4.69) is 5.16 Å². The lowest BCUT2D eigenvalue weighted by Gasteiger charge is -2.08. The molecule has 9 heteroatoms. The maximum absolute atomic E-state index is 13.7. The van der Waals surface area contributed by atoms with Crippen molar-refractivity contribution in [3.63, 3.8) is 0 Å². The number of hydrogen-bond donors (Lipinski definition) is 0. The summed E-state index contributed by atoms with van der Waals surface area (Å²) >= 11 is 0. The number of nitrogens with zero attached hydrogens (tertiary/aromatic N) is 2. The largest absolute Gasteiger partial charge is 0.354 e. The van der Waals surface area contributed by atoms with E-state index >= 15 is 0 Å². The Labute approximate surface area is 199 Å². The summed E-state index contributed by atoms with van der Waals surface area (Å²) in [7, 11) is -4.25. The lowest BCUT2D eigenvalue weighted by molar-refractivity contribution is -0.384. The van der Waals surface area contributed by atoms with Crippen LogP contribution in [-0.2, 0) is 9.84 Å². The van der Waals surface area contributed by atoms with Gasteiger partial charge in [-0.25, -0.2) is 8.42 Å². The number of rotatable bonds is 6. The predicted octanol–water partition coefficient (Wildman–Crippen LogP) is 5.47. The van der Waals surface area contributed by atoms with Crippen molar-refractivity contribution in [2.24, 2.45) is 0 Å². The Kier molecular flexibility index (Phi) is 5.46. The van der Waals surface area contributed by atoms with Gasteiger partial charge in [0.25, 0.3) is 5.69 Å². The van der Waals surface area contributed by atoms with Crippen LogP contribution in [-0.4, -0.2) is 24.3 Å². The zero-order valence-corrected chi connectivity index (χ0v) is 18.8. The normalized spacial score (nSPS) is 11.4. The first-order chi connectivity index (χ1) is 16.9. The van der Waals surface area contributed by atoms with Crippen LogP contribution in [0.3, 0.4) is 0 Å². The second kappa shape index (κ2) is 8.62. The third-order valence-electron chi connectivity index (χ3n) is 5.56. The minimum Gasteiger partial charge on any atom is -0.354 e. The summed E-state index contributed by atoms with van der Waals surface area (Å²) < 4.78 is 32.9. The number of sulfone groups is 1. The van der Waals surface area contributed by atoms with Gasteiger partial charge in [0.15, 0.2) is 16.3 Å². The molecule has 0 bridgehead atoms. The van der Waals surface area contributed by atoms with Crippen molar-refractivity contribution in [2.45, 2.75) is 9.79 Å². The van der Waals surface area contributed by atoms with Crippen LogP contribution in [0.1, 0.15) is 16.1 Å². The summed E-state index contributed by atoms with van der Waals surface area (Å²) in [4.78, 5) is 23.7. The summed E-state index contributed by atoms with van der Waals surface area (Å²) in [6, 6.07) is 25.2. The molecule has 1 aromatic heterocycles. The fourth-order valence-corrected chi connectivity index (χ4v) is 5.40. The van der Waals surface area contributed by atoms with E-state index in [0.29, 0.717) is 5.39 Å². The first-order valence-corrected chi connectivity index (χ1v) is 11.9. The Morgan fingerprint density at radius 1 is 0.829 bits per heavy atom. The topological polar surface area (TPSA) is 120 Å².